The van der Waals surface area contributed by atoms with E-state index >= 15 is 0 Å². The molecule has 134 valence electrons. The smallest absolute Gasteiger partial charge is 0.240 e. The molecule has 1 aliphatic carbocycles. The zero-order valence-electron chi connectivity index (χ0n) is 14.4. The van der Waals surface area contributed by atoms with E-state index < -0.39 is 0 Å². The molecule has 0 amide bonds. The highest BCUT2D eigenvalue weighted by atomic mass is 35.5. The number of nitrogens with zero attached hydrogens (tertiary/aromatic N) is 5. The lowest BCUT2D eigenvalue weighted by Gasteiger charge is -2.29. The molecule has 4 rings (SSSR count). The minimum atomic E-state index is 0. The molecule has 3 heterocycles. The largest absolute Gasteiger partial charge is 0.473 e. The number of aryl methyl sites for hydroxylation is 1. The van der Waals surface area contributed by atoms with Gasteiger partial charge in [0, 0.05) is 24.8 Å². The number of halogens is 1. The van der Waals surface area contributed by atoms with Gasteiger partial charge in [0.15, 0.2) is 0 Å². The van der Waals surface area contributed by atoms with Gasteiger partial charge in [-0.1, -0.05) is 0 Å². The summed E-state index contributed by atoms with van der Waals surface area (Å²) in [7, 11) is 3.91. The zero-order chi connectivity index (χ0) is 16.5. The molecule has 25 heavy (non-hydrogen) atoms. The summed E-state index contributed by atoms with van der Waals surface area (Å²) in [6.45, 7) is 0. The number of hydrogen-bond acceptors (Lipinski definition) is 5. The van der Waals surface area contributed by atoms with Crippen LogP contribution in [-0.4, -0.2) is 43.6 Å². The Morgan fingerprint density at radius 3 is 2.88 bits per heavy atom. The van der Waals surface area contributed by atoms with Crippen molar-refractivity contribution in [3.63, 3.8) is 0 Å². The van der Waals surface area contributed by atoms with Crippen LogP contribution in [0.3, 0.4) is 0 Å². The Kier molecular flexibility index (Phi) is 5.24. The highest BCUT2D eigenvalue weighted by Gasteiger charge is 2.23. The van der Waals surface area contributed by atoms with Crippen molar-refractivity contribution in [2.24, 2.45) is 7.05 Å². The van der Waals surface area contributed by atoms with Crippen molar-refractivity contribution in [3.8, 4) is 17.1 Å². The van der Waals surface area contributed by atoms with E-state index in [-0.39, 0.29) is 18.5 Å². The van der Waals surface area contributed by atoms with Crippen molar-refractivity contribution in [1.29, 1.82) is 0 Å². The third-order valence-corrected chi connectivity index (χ3v) is 4.67. The number of hydrogen-bond donors (Lipinski definition) is 1. The van der Waals surface area contributed by atoms with E-state index in [9.17, 15) is 0 Å². The lowest BCUT2D eigenvalue weighted by molar-refractivity contribution is 0.133. The molecule has 7 nitrogen and oxygen atoms in total. The first kappa shape index (κ1) is 17.7. The molecule has 1 saturated carbocycles. The summed E-state index contributed by atoms with van der Waals surface area (Å²) in [5.74, 6) is 0.649. The second-order valence-corrected chi connectivity index (χ2v) is 6.39. The monoisotopic (exact) mass is 362 g/mol. The van der Waals surface area contributed by atoms with E-state index in [4.69, 9.17) is 9.72 Å². The van der Waals surface area contributed by atoms with Crippen LogP contribution in [0.5, 0.6) is 5.88 Å². The summed E-state index contributed by atoms with van der Waals surface area (Å²) < 4.78 is 9.88. The van der Waals surface area contributed by atoms with Crippen LogP contribution in [-0.2, 0) is 7.05 Å². The van der Waals surface area contributed by atoms with Gasteiger partial charge >= 0.3 is 0 Å². The average Bonchev–Trinajstić information content (AvgIpc) is 3.23. The number of fused-ring (bicyclic) bond motifs is 1. The Bertz CT molecular complexity index is 845. The molecule has 2 atom stereocenters. The summed E-state index contributed by atoms with van der Waals surface area (Å²) >= 11 is 0. The summed E-state index contributed by atoms with van der Waals surface area (Å²) in [6, 6.07) is 2.46. The fraction of sp³-hybridized carbons (Fsp3) is 0.471. The van der Waals surface area contributed by atoms with Crippen LogP contribution in [0.4, 0.5) is 0 Å². The first-order valence-electron chi connectivity index (χ1n) is 8.40. The van der Waals surface area contributed by atoms with Crippen molar-refractivity contribution >= 4 is 17.9 Å². The maximum absolute atomic E-state index is 6.29. The lowest BCUT2D eigenvalue weighted by atomic mass is 9.93. The predicted octanol–water partition coefficient (Wildman–Crippen LogP) is 2.46. The molecule has 0 bridgehead atoms. The van der Waals surface area contributed by atoms with Gasteiger partial charge < -0.3 is 10.1 Å². The predicted molar refractivity (Wildman–Crippen MR) is 98.2 cm³/mol. The quantitative estimate of drug-likeness (QED) is 0.772. The average molecular weight is 363 g/mol. The summed E-state index contributed by atoms with van der Waals surface area (Å²) in [5, 5.41) is 11.9. The maximum Gasteiger partial charge on any atom is 0.240 e. The van der Waals surface area contributed by atoms with E-state index in [2.05, 4.69) is 15.5 Å². The molecule has 1 aliphatic rings. The van der Waals surface area contributed by atoms with Crippen LogP contribution in [0.15, 0.2) is 30.9 Å². The summed E-state index contributed by atoms with van der Waals surface area (Å²) in [5.41, 5.74) is 2.67. The van der Waals surface area contributed by atoms with Gasteiger partial charge in [0.05, 0.1) is 24.3 Å². The maximum atomic E-state index is 6.29. The van der Waals surface area contributed by atoms with Gasteiger partial charge in [-0.05, 0) is 38.8 Å². The van der Waals surface area contributed by atoms with Gasteiger partial charge in [-0.3, -0.25) is 4.68 Å². The van der Waals surface area contributed by atoms with Crippen LogP contribution < -0.4 is 10.1 Å². The van der Waals surface area contributed by atoms with Crippen LogP contribution in [0, 0.1) is 0 Å². The Morgan fingerprint density at radius 1 is 1.24 bits per heavy atom. The minimum absolute atomic E-state index is 0. The Balaban J connectivity index is 0.00000182. The SMILES string of the molecule is CNC1CCCC(Oc2nc(-c3cnn(C)c3)cn3nccc23)C1.Cl. The van der Waals surface area contributed by atoms with Gasteiger partial charge in [-0.2, -0.15) is 10.2 Å². The van der Waals surface area contributed by atoms with Crippen molar-refractivity contribution in [1.82, 2.24) is 29.7 Å². The lowest BCUT2D eigenvalue weighted by Crippen LogP contribution is -2.36. The first-order valence-corrected chi connectivity index (χ1v) is 8.40. The van der Waals surface area contributed by atoms with E-state index in [1.54, 1.807) is 17.1 Å². The molecule has 0 saturated heterocycles. The molecule has 3 aromatic rings. The van der Waals surface area contributed by atoms with Crippen LogP contribution in [0.1, 0.15) is 25.7 Å². The van der Waals surface area contributed by atoms with Crippen LogP contribution >= 0.6 is 12.4 Å². The normalized spacial score (nSPS) is 20.4. The molecule has 3 aromatic heterocycles. The molecular weight excluding hydrogens is 340 g/mol. The molecule has 2 unspecified atom stereocenters. The standard InChI is InChI=1S/C17H22N6O.ClH/c1-18-13-4-3-5-14(8-13)24-17-16-6-7-19-23(16)11-15(21-17)12-9-20-22(2)10-12;/h6-7,9-11,13-14,18H,3-5,8H2,1-2H3;1H. The van der Waals surface area contributed by atoms with E-state index in [1.165, 1.54) is 12.8 Å². The Hall–Kier alpha value is -2.12. The molecular formula is C17H23ClN6O. The molecule has 0 radical (unpaired) electrons. The number of nitrogens with one attached hydrogen (secondary N) is 1. The van der Waals surface area contributed by atoms with Gasteiger partial charge in [0.2, 0.25) is 5.88 Å². The third-order valence-electron chi connectivity index (χ3n) is 4.67. The zero-order valence-corrected chi connectivity index (χ0v) is 15.2. The number of ether oxygens (including phenoxy) is 1. The fourth-order valence-corrected chi connectivity index (χ4v) is 3.35. The fourth-order valence-electron chi connectivity index (χ4n) is 3.35. The van der Waals surface area contributed by atoms with Crippen molar-refractivity contribution < 1.29 is 4.74 Å². The highest BCUT2D eigenvalue weighted by Crippen LogP contribution is 2.28. The topological polar surface area (TPSA) is 69.3 Å². The number of rotatable bonds is 4. The van der Waals surface area contributed by atoms with Gasteiger partial charge in [0.1, 0.15) is 11.6 Å². The molecule has 0 spiro atoms. The summed E-state index contributed by atoms with van der Waals surface area (Å²) in [4.78, 5) is 4.74. The van der Waals surface area contributed by atoms with Gasteiger partial charge in [-0.15, -0.1) is 12.4 Å². The Morgan fingerprint density at radius 2 is 2.12 bits per heavy atom. The first-order chi connectivity index (χ1) is 11.7. The van der Waals surface area contributed by atoms with Gasteiger partial charge in [0.25, 0.3) is 0 Å². The Labute approximate surface area is 152 Å². The summed E-state index contributed by atoms with van der Waals surface area (Å²) in [6.07, 6.45) is 12.1. The highest BCUT2D eigenvalue weighted by molar-refractivity contribution is 5.85. The van der Waals surface area contributed by atoms with Crippen molar-refractivity contribution in [2.75, 3.05) is 7.05 Å². The van der Waals surface area contributed by atoms with Crippen molar-refractivity contribution in [3.05, 3.63) is 30.9 Å². The van der Waals surface area contributed by atoms with E-state index in [1.807, 2.05) is 37.1 Å². The molecule has 0 aliphatic heterocycles. The third kappa shape index (κ3) is 3.62. The van der Waals surface area contributed by atoms with Crippen LogP contribution in [0.25, 0.3) is 16.8 Å². The van der Waals surface area contributed by atoms with E-state index in [0.717, 1.165) is 29.6 Å². The van der Waals surface area contributed by atoms with E-state index in [0.29, 0.717) is 11.9 Å². The molecule has 0 aromatic carbocycles. The minimum Gasteiger partial charge on any atom is -0.473 e. The van der Waals surface area contributed by atoms with Crippen LogP contribution in [0.2, 0.25) is 0 Å². The molecule has 1 fully saturated rings. The second kappa shape index (κ2) is 7.41. The second-order valence-electron chi connectivity index (χ2n) is 6.39. The van der Waals surface area contributed by atoms with Crippen molar-refractivity contribution in [2.45, 2.75) is 37.8 Å². The number of aromatic nitrogens is 5. The molecule has 8 heteroatoms. The van der Waals surface area contributed by atoms with Gasteiger partial charge in [-0.25, -0.2) is 9.50 Å². The molecule has 1 N–H and O–H groups in total.